The molecule has 0 saturated heterocycles. The van der Waals surface area contributed by atoms with Crippen molar-refractivity contribution < 1.29 is 9.53 Å². The molecule has 0 bridgehead atoms. The molecule has 1 aliphatic rings. The van der Waals surface area contributed by atoms with E-state index in [-0.39, 0.29) is 11.9 Å². The van der Waals surface area contributed by atoms with Gasteiger partial charge in [-0.25, -0.2) is 0 Å². The second kappa shape index (κ2) is 6.53. The molecule has 114 valence electrons. The van der Waals surface area contributed by atoms with Crippen molar-refractivity contribution in [3.8, 4) is 5.75 Å². The number of methoxy groups -OCH3 is 1. The molecular weight excluding hydrogens is 342 g/mol. The van der Waals surface area contributed by atoms with E-state index in [9.17, 15) is 4.79 Å². The zero-order valence-electron chi connectivity index (χ0n) is 12.4. The number of halogens is 1. The van der Waals surface area contributed by atoms with Gasteiger partial charge in [0, 0.05) is 4.47 Å². The molecule has 3 rings (SSSR count). The van der Waals surface area contributed by atoms with E-state index in [1.807, 2.05) is 30.3 Å². The Kier molecular flexibility index (Phi) is 4.48. The summed E-state index contributed by atoms with van der Waals surface area (Å²) in [6.07, 6.45) is 2.33. The Hall–Kier alpha value is -1.81. The SMILES string of the molecule is COc1ccc(Br)c(C(=O)N[C@@H](c2ccccc2)C2CC2)c1. The summed E-state index contributed by atoms with van der Waals surface area (Å²) in [5.74, 6) is 1.14. The van der Waals surface area contributed by atoms with Crippen molar-refractivity contribution >= 4 is 21.8 Å². The van der Waals surface area contributed by atoms with E-state index in [1.54, 1.807) is 13.2 Å². The summed E-state index contributed by atoms with van der Waals surface area (Å²) in [6, 6.07) is 15.7. The lowest BCUT2D eigenvalue weighted by Gasteiger charge is -2.19. The van der Waals surface area contributed by atoms with Crippen LogP contribution in [0, 0.1) is 5.92 Å². The van der Waals surface area contributed by atoms with Crippen molar-refractivity contribution in [3.63, 3.8) is 0 Å². The van der Waals surface area contributed by atoms with Gasteiger partial charge >= 0.3 is 0 Å². The molecule has 2 aromatic rings. The van der Waals surface area contributed by atoms with Gasteiger partial charge in [0.25, 0.3) is 5.91 Å². The third-order valence-corrected chi connectivity index (χ3v) is 4.65. The molecule has 0 spiro atoms. The summed E-state index contributed by atoms with van der Waals surface area (Å²) in [4.78, 5) is 12.7. The van der Waals surface area contributed by atoms with Crippen LogP contribution in [-0.4, -0.2) is 13.0 Å². The van der Waals surface area contributed by atoms with Crippen LogP contribution in [0.15, 0.2) is 53.0 Å². The zero-order chi connectivity index (χ0) is 15.5. The number of rotatable bonds is 5. The molecule has 22 heavy (non-hydrogen) atoms. The Bertz CT molecular complexity index is 668. The third kappa shape index (κ3) is 3.33. The van der Waals surface area contributed by atoms with Crippen LogP contribution in [0.5, 0.6) is 5.75 Å². The molecular formula is C18H18BrNO2. The van der Waals surface area contributed by atoms with Crippen LogP contribution in [0.1, 0.15) is 34.8 Å². The van der Waals surface area contributed by atoms with Crippen LogP contribution in [0.25, 0.3) is 0 Å². The largest absolute Gasteiger partial charge is 0.497 e. The highest BCUT2D eigenvalue weighted by Crippen LogP contribution is 2.41. The van der Waals surface area contributed by atoms with E-state index < -0.39 is 0 Å². The molecule has 1 N–H and O–H groups in total. The minimum absolute atomic E-state index is 0.0757. The van der Waals surface area contributed by atoms with Gasteiger partial charge in [-0.1, -0.05) is 30.3 Å². The minimum atomic E-state index is -0.0773. The lowest BCUT2D eigenvalue weighted by Crippen LogP contribution is -2.30. The van der Waals surface area contributed by atoms with Gasteiger partial charge in [-0.05, 0) is 58.5 Å². The topological polar surface area (TPSA) is 38.3 Å². The Morgan fingerprint density at radius 2 is 1.95 bits per heavy atom. The van der Waals surface area contributed by atoms with E-state index in [2.05, 4.69) is 33.4 Å². The fraction of sp³-hybridized carbons (Fsp3) is 0.278. The third-order valence-electron chi connectivity index (χ3n) is 3.96. The quantitative estimate of drug-likeness (QED) is 0.862. The number of nitrogens with one attached hydrogen (secondary N) is 1. The first-order valence-electron chi connectivity index (χ1n) is 7.38. The lowest BCUT2D eigenvalue weighted by molar-refractivity contribution is 0.0930. The van der Waals surface area contributed by atoms with Gasteiger partial charge in [0.05, 0.1) is 18.7 Å². The summed E-state index contributed by atoms with van der Waals surface area (Å²) in [7, 11) is 1.60. The normalized spacial score (nSPS) is 15.2. The number of hydrogen-bond acceptors (Lipinski definition) is 2. The van der Waals surface area contributed by atoms with Gasteiger partial charge in [-0.15, -0.1) is 0 Å². The Morgan fingerprint density at radius 3 is 2.59 bits per heavy atom. The van der Waals surface area contributed by atoms with E-state index >= 15 is 0 Å². The van der Waals surface area contributed by atoms with Crippen LogP contribution in [-0.2, 0) is 0 Å². The summed E-state index contributed by atoms with van der Waals surface area (Å²) in [5, 5.41) is 3.18. The van der Waals surface area contributed by atoms with Crippen LogP contribution in [0.4, 0.5) is 0 Å². The monoisotopic (exact) mass is 359 g/mol. The molecule has 1 atom stereocenters. The van der Waals surface area contributed by atoms with Crippen LogP contribution in [0.3, 0.4) is 0 Å². The molecule has 1 fully saturated rings. The number of benzene rings is 2. The predicted octanol–water partition coefficient (Wildman–Crippen LogP) is 4.34. The summed E-state index contributed by atoms with van der Waals surface area (Å²) in [5.41, 5.74) is 1.76. The molecule has 1 amide bonds. The molecule has 2 aromatic carbocycles. The van der Waals surface area contributed by atoms with Crippen LogP contribution in [0.2, 0.25) is 0 Å². The fourth-order valence-electron chi connectivity index (χ4n) is 2.59. The molecule has 3 nitrogen and oxygen atoms in total. The Morgan fingerprint density at radius 1 is 1.23 bits per heavy atom. The molecule has 0 radical (unpaired) electrons. The van der Waals surface area contributed by atoms with E-state index in [1.165, 1.54) is 12.8 Å². The maximum Gasteiger partial charge on any atom is 0.253 e. The second-order valence-corrected chi connectivity index (χ2v) is 6.40. The van der Waals surface area contributed by atoms with Crippen molar-refractivity contribution in [2.45, 2.75) is 18.9 Å². The average Bonchev–Trinajstić information content (AvgIpc) is 3.38. The maximum atomic E-state index is 12.7. The molecule has 0 heterocycles. The van der Waals surface area contributed by atoms with Crippen molar-refractivity contribution in [2.75, 3.05) is 7.11 Å². The summed E-state index contributed by atoms with van der Waals surface area (Å²) in [6.45, 7) is 0. The molecule has 0 aliphatic heterocycles. The second-order valence-electron chi connectivity index (χ2n) is 5.55. The number of hydrogen-bond donors (Lipinski definition) is 1. The molecule has 0 aromatic heterocycles. The van der Waals surface area contributed by atoms with Gasteiger partial charge < -0.3 is 10.1 Å². The van der Waals surface area contributed by atoms with Crippen LogP contribution >= 0.6 is 15.9 Å². The molecule has 1 saturated carbocycles. The Balaban J connectivity index is 1.83. The highest BCUT2D eigenvalue weighted by atomic mass is 79.9. The minimum Gasteiger partial charge on any atom is -0.497 e. The number of carbonyl (C=O) groups excluding carboxylic acids is 1. The van der Waals surface area contributed by atoms with Gasteiger partial charge in [-0.2, -0.15) is 0 Å². The van der Waals surface area contributed by atoms with Gasteiger partial charge in [0.2, 0.25) is 0 Å². The fourth-order valence-corrected chi connectivity index (χ4v) is 3.01. The molecule has 1 aliphatic carbocycles. The van der Waals surface area contributed by atoms with E-state index in [4.69, 9.17) is 4.74 Å². The van der Waals surface area contributed by atoms with Gasteiger partial charge in [0.15, 0.2) is 0 Å². The lowest BCUT2D eigenvalue weighted by atomic mass is 10.0. The zero-order valence-corrected chi connectivity index (χ0v) is 14.0. The number of carbonyl (C=O) groups is 1. The number of ether oxygens (including phenoxy) is 1. The molecule has 0 unspecified atom stereocenters. The summed E-state index contributed by atoms with van der Waals surface area (Å²) >= 11 is 3.44. The average molecular weight is 360 g/mol. The van der Waals surface area contributed by atoms with E-state index in [0.29, 0.717) is 17.2 Å². The number of amides is 1. The van der Waals surface area contributed by atoms with Crippen molar-refractivity contribution in [1.82, 2.24) is 5.32 Å². The predicted molar refractivity (Wildman–Crippen MR) is 90.1 cm³/mol. The first-order valence-corrected chi connectivity index (χ1v) is 8.17. The van der Waals surface area contributed by atoms with Gasteiger partial charge in [-0.3, -0.25) is 4.79 Å². The maximum absolute atomic E-state index is 12.7. The highest BCUT2D eigenvalue weighted by molar-refractivity contribution is 9.10. The van der Waals surface area contributed by atoms with E-state index in [0.717, 1.165) is 10.0 Å². The van der Waals surface area contributed by atoms with Gasteiger partial charge in [0.1, 0.15) is 5.75 Å². The van der Waals surface area contributed by atoms with Crippen molar-refractivity contribution in [2.24, 2.45) is 5.92 Å². The summed E-state index contributed by atoms with van der Waals surface area (Å²) < 4.78 is 5.98. The van der Waals surface area contributed by atoms with Crippen LogP contribution < -0.4 is 10.1 Å². The standard InChI is InChI=1S/C18H18BrNO2/c1-22-14-9-10-16(19)15(11-14)18(21)20-17(13-7-8-13)12-5-3-2-4-6-12/h2-6,9-11,13,17H,7-8H2,1H3,(H,20,21)/t17-/m0/s1. The first-order chi connectivity index (χ1) is 10.7. The highest BCUT2D eigenvalue weighted by Gasteiger charge is 2.33. The Labute approximate surface area is 138 Å². The van der Waals surface area contributed by atoms with Crippen molar-refractivity contribution in [3.05, 3.63) is 64.1 Å². The molecule has 4 heteroatoms. The smallest absolute Gasteiger partial charge is 0.253 e. The first kappa shape index (κ1) is 15.1. The van der Waals surface area contributed by atoms with Crippen molar-refractivity contribution in [1.29, 1.82) is 0 Å².